The van der Waals surface area contributed by atoms with Gasteiger partial charge in [0, 0.05) is 0 Å². The first-order valence-electron chi connectivity index (χ1n) is 11.5. The summed E-state index contributed by atoms with van der Waals surface area (Å²) in [5, 5.41) is 23.6. The molecule has 0 heterocycles. The molecular formula is C30H26O2. The van der Waals surface area contributed by atoms with Gasteiger partial charge in [0.25, 0.3) is 0 Å². The van der Waals surface area contributed by atoms with Crippen LogP contribution in [0.2, 0.25) is 0 Å². The fourth-order valence-corrected chi connectivity index (χ4v) is 5.91. The first-order valence-corrected chi connectivity index (χ1v) is 11.5. The lowest BCUT2D eigenvalue weighted by Crippen LogP contribution is -2.26. The molecule has 0 aliphatic heterocycles. The van der Waals surface area contributed by atoms with Crippen LogP contribution in [0.15, 0.2) is 97.1 Å². The highest BCUT2D eigenvalue weighted by atomic mass is 16.3. The van der Waals surface area contributed by atoms with Crippen LogP contribution in [-0.2, 0) is 11.2 Å². The Labute approximate surface area is 188 Å². The molecule has 0 saturated heterocycles. The lowest BCUT2D eigenvalue weighted by atomic mass is 9.83. The predicted molar refractivity (Wildman–Crippen MR) is 128 cm³/mol. The third kappa shape index (κ3) is 2.67. The quantitative estimate of drug-likeness (QED) is 0.369. The third-order valence-electron chi connectivity index (χ3n) is 7.40. The highest BCUT2D eigenvalue weighted by Crippen LogP contribution is 2.52. The molecular weight excluding hydrogens is 392 g/mol. The SMILES string of the molecule is OC1(CCCCC2(O)c3ccccc3-c3ccccc32)c2ccccc2-c2ccccc21. The number of unbranched alkanes of at least 4 members (excludes halogenated alkanes) is 1. The molecule has 4 aromatic rings. The number of rotatable bonds is 5. The second-order valence-electron chi connectivity index (χ2n) is 9.11. The summed E-state index contributed by atoms with van der Waals surface area (Å²) in [4.78, 5) is 0. The summed E-state index contributed by atoms with van der Waals surface area (Å²) in [5.41, 5.74) is 6.56. The van der Waals surface area contributed by atoms with Crippen molar-refractivity contribution in [2.24, 2.45) is 0 Å². The number of fused-ring (bicyclic) bond motifs is 6. The van der Waals surface area contributed by atoms with E-state index in [1.807, 2.05) is 72.8 Å². The third-order valence-corrected chi connectivity index (χ3v) is 7.40. The summed E-state index contributed by atoms with van der Waals surface area (Å²) in [5.74, 6) is 0. The maximum Gasteiger partial charge on any atom is 0.116 e. The van der Waals surface area contributed by atoms with Gasteiger partial charge in [0.15, 0.2) is 0 Å². The fraction of sp³-hybridized carbons (Fsp3) is 0.200. The van der Waals surface area contributed by atoms with E-state index in [1.165, 1.54) is 0 Å². The second kappa shape index (κ2) is 7.16. The van der Waals surface area contributed by atoms with Crippen LogP contribution in [0.3, 0.4) is 0 Å². The molecule has 0 bridgehead atoms. The largest absolute Gasteiger partial charge is 0.380 e. The Morgan fingerprint density at radius 1 is 0.406 bits per heavy atom. The Kier molecular flexibility index (Phi) is 4.36. The standard InChI is InChI=1S/C30H26O2/c31-29(25-15-5-1-11-21(25)22-12-2-6-16-26(22)29)19-9-10-20-30(32)27-17-7-3-13-23(27)24-14-4-8-18-28(24)30/h1-8,11-18,31-32H,9-10,19-20H2. The molecule has 0 unspecified atom stereocenters. The average Bonchev–Trinajstić information content (AvgIpc) is 3.25. The minimum atomic E-state index is -0.971. The van der Waals surface area contributed by atoms with E-state index in [0.29, 0.717) is 12.8 Å². The maximum atomic E-state index is 11.8. The zero-order chi connectivity index (χ0) is 21.8. The zero-order valence-corrected chi connectivity index (χ0v) is 18.0. The van der Waals surface area contributed by atoms with Crippen molar-refractivity contribution in [3.05, 3.63) is 119 Å². The van der Waals surface area contributed by atoms with E-state index in [0.717, 1.165) is 57.3 Å². The smallest absolute Gasteiger partial charge is 0.116 e. The van der Waals surface area contributed by atoms with Crippen LogP contribution < -0.4 is 0 Å². The predicted octanol–water partition coefficient (Wildman–Crippen LogP) is 6.38. The Balaban J connectivity index is 1.26. The minimum Gasteiger partial charge on any atom is -0.380 e. The van der Waals surface area contributed by atoms with Crippen molar-refractivity contribution in [1.29, 1.82) is 0 Å². The molecule has 32 heavy (non-hydrogen) atoms. The Bertz CT molecular complexity index is 1130. The van der Waals surface area contributed by atoms with E-state index in [1.54, 1.807) is 0 Å². The van der Waals surface area contributed by atoms with E-state index in [2.05, 4.69) is 24.3 Å². The molecule has 2 aliphatic rings. The van der Waals surface area contributed by atoms with Crippen LogP contribution >= 0.6 is 0 Å². The van der Waals surface area contributed by atoms with Crippen molar-refractivity contribution in [1.82, 2.24) is 0 Å². The first kappa shape index (κ1) is 19.5. The van der Waals surface area contributed by atoms with Crippen LogP contribution in [0.4, 0.5) is 0 Å². The topological polar surface area (TPSA) is 40.5 Å². The molecule has 6 rings (SSSR count). The Morgan fingerprint density at radius 3 is 0.938 bits per heavy atom. The summed E-state index contributed by atoms with van der Waals surface area (Å²) in [6.45, 7) is 0. The summed E-state index contributed by atoms with van der Waals surface area (Å²) < 4.78 is 0. The van der Waals surface area contributed by atoms with Gasteiger partial charge in [-0.3, -0.25) is 0 Å². The monoisotopic (exact) mass is 418 g/mol. The van der Waals surface area contributed by atoms with Crippen LogP contribution in [-0.4, -0.2) is 10.2 Å². The van der Waals surface area contributed by atoms with Gasteiger partial charge in [-0.25, -0.2) is 0 Å². The molecule has 0 amide bonds. The Hall–Kier alpha value is -3.20. The molecule has 2 aliphatic carbocycles. The van der Waals surface area contributed by atoms with Gasteiger partial charge in [0.2, 0.25) is 0 Å². The molecule has 2 N–H and O–H groups in total. The zero-order valence-electron chi connectivity index (χ0n) is 18.0. The van der Waals surface area contributed by atoms with Crippen LogP contribution in [0, 0.1) is 0 Å². The van der Waals surface area contributed by atoms with E-state index < -0.39 is 11.2 Å². The lowest BCUT2D eigenvalue weighted by molar-refractivity contribution is 0.0570. The van der Waals surface area contributed by atoms with Crippen molar-refractivity contribution in [3.63, 3.8) is 0 Å². The molecule has 0 saturated carbocycles. The van der Waals surface area contributed by atoms with Crippen LogP contribution in [0.5, 0.6) is 0 Å². The summed E-state index contributed by atoms with van der Waals surface area (Å²) >= 11 is 0. The lowest BCUT2D eigenvalue weighted by Gasteiger charge is -2.28. The fourth-order valence-electron chi connectivity index (χ4n) is 5.91. The van der Waals surface area contributed by atoms with Gasteiger partial charge < -0.3 is 10.2 Å². The van der Waals surface area contributed by atoms with E-state index in [9.17, 15) is 10.2 Å². The Morgan fingerprint density at radius 2 is 0.656 bits per heavy atom. The van der Waals surface area contributed by atoms with Gasteiger partial charge in [0.05, 0.1) is 0 Å². The normalized spacial score (nSPS) is 16.2. The summed E-state index contributed by atoms with van der Waals surface area (Å²) in [6, 6.07) is 32.7. The number of hydrogen-bond donors (Lipinski definition) is 2. The molecule has 158 valence electrons. The van der Waals surface area contributed by atoms with Gasteiger partial charge in [-0.15, -0.1) is 0 Å². The highest BCUT2D eigenvalue weighted by molar-refractivity contribution is 5.81. The average molecular weight is 419 g/mol. The van der Waals surface area contributed by atoms with Gasteiger partial charge in [-0.1, -0.05) is 97.1 Å². The number of hydrogen-bond acceptors (Lipinski definition) is 2. The molecule has 2 nitrogen and oxygen atoms in total. The minimum absolute atomic E-state index is 0.639. The van der Waals surface area contributed by atoms with Crippen molar-refractivity contribution < 1.29 is 10.2 Å². The van der Waals surface area contributed by atoms with E-state index in [-0.39, 0.29) is 0 Å². The molecule has 0 spiro atoms. The van der Waals surface area contributed by atoms with Gasteiger partial charge in [-0.2, -0.15) is 0 Å². The molecule has 4 aromatic carbocycles. The number of aliphatic hydroxyl groups is 2. The highest BCUT2D eigenvalue weighted by Gasteiger charge is 2.42. The van der Waals surface area contributed by atoms with Crippen LogP contribution in [0.25, 0.3) is 22.3 Å². The van der Waals surface area contributed by atoms with Crippen molar-refractivity contribution in [2.45, 2.75) is 36.9 Å². The van der Waals surface area contributed by atoms with Gasteiger partial charge in [0.1, 0.15) is 11.2 Å². The second-order valence-corrected chi connectivity index (χ2v) is 9.11. The van der Waals surface area contributed by atoms with Crippen molar-refractivity contribution in [3.8, 4) is 22.3 Å². The maximum absolute atomic E-state index is 11.8. The van der Waals surface area contributed by atoms with Gasteiger partial charge >= 0.3 is 0 Å². The summed E-state index contributed by atoms with van der Waals surface area (Å²) in [6.07, 6.45) is 2.93. The van der Waals surface area contributed by atoms with Gasteiger partial charge in [-0.05, 0) is 70.2 Å². The molecule has 0 aromatic heterocycles. The molecule has 0 atom stereocenters. The van der Waals surface area contributed by atoms with Crippen LogP contribution in [0.1, 0.15) is 47.9 Å². The van der Waals surface area contributed by atoms with Crippen molar-refractivity contribution >= 4 is 0 Å². The first-order chi connectivity index (χ1) is 15.6. The molecule has 0 fully saturated rings. The van der Waals surface area contributed by atoms with E-state index in [4.69, 9.17) is 0 Å². The molecule has 0 radical (unpaired) electrons. The summed E-state index contributed by atoms with van der Waals surface area (Å²) in [7, 11) is 0. The van der Waals surface area contributed by atoms with E-state index >= 15 is 0 Å². The number of benzene rings is 4. The molecule has 2 heteroatoms. The van der Waals surface area contributed by atoms with Crippen molar-refractivity contribution in [2.75, 3.05) is 0 Å².